The van der Waals surface area contributed by atoms with Crippen molar-refractivity contribution in [2.24, 2.45) is 0 Å². The van der Waals surface area contributed by atoms with E-state index in [1.807, 2.05) is 6.07 Å². The van der Waals surface area contributed by atoms with E-state index in [4.69, 9.17) is 0 Å². The summed E-state index contributed by atoms with van der Waals surface area (Å²) in [6, 6.07) is 12.1. The Morgan fingerprint density at radius 1 is 1.05 bits per heavy atom. The molecule has 19 heavy (non-hydrogen) atoms. The molecule has 0 amide bonds. The molecule has 1 aromatic carbocycles. The first kappa shape index (κ1) is 12.6. The fraction of sp³-hybridized carbons (Fsp3) is 0.214. The van der Waals surface area contributed by atoms with E-state index < -0.39 is 9.84 Å². The second kappa shape index (κ2) is 4.58. The maximum atomic E-state index is 12.2. The lowest BCUT2D eigenvalue weighted by molar-refractivity contribution is 0.104. The minimum Gasteiger partial charge on any atom is -0.288 e. The molecule has 3 rings (SSSR count). The normalized spacial score (nSPS) is 15.4. The van der Waals surface area contributed by atoms with Crippen molar-refractivity contribution in [3.8, 4) is 0 Å². The molecule has 1 aliphatic rings. The van der Waals surface area contributed by atoms with E-state index in [2.05, 4.69) is 0 Å². The van der Waals surface area contributed by atoms with Crippen LogP contribution < -0.4 is 0 Å². The number of sulfone groups is 1. The number of ketones is 1. The molecule has 0 N–H and O–H groups in total. The van der Waals surface area contributed by atoms with E-state index >= 15 is 0 Å². The van der Waals surface area contributed by atoms with Crippen molar-refractivity contribution in [2.75, 3.05) is 0 Å². The Hall–Kier alpha value is -1.46. The van der Waals surface area contributed by atoms with Crippen LogP contribution in [0.25, 0.3) is 0 Å². The highest BCUT2D eigenvalue weighted by molar-refractivity contribution is 7.94. The maximum absolute atomic E-state index is 12.2. The molecule has 98 valence electrons. The second-order valence-corrected chi connectivity index (χ2v) is 8.10. The number of carbonyl (C=O) groups is 1. The Kier molecular flexibility index (Phi) is 3.03. The van der Waals surface area contributed by atoms with E-state index in [0.717, 1.165) is 24.2 Å². The van der Waals surface area contributed by atoms with E-state index in [1.54, 1.807) is 36.4 Å². The van der Waals surface area contributed by atoms with Crippen molar-refractivity contribution in [2.45, 2.75) is 22.3 Å². The lowest BCUT2D eigenvalue weighted by atomic mass is 10.1. The predicted octanol–water partition coefficient (Wildman–Crippen LogP) is 2.92. The smallest absolute Gasteiger partial charge is 0.202 e. The highest BCUT2D eigenvalue weighted by Gasteiger charge is 2.38. The van der Waals surface area contributed by atoms with Crippen LogP contribution in [0.5, 0.6) is 0 Å². The molecule has 1 heterocycles. The third-order valence-corrected chi connectivity index (χ3v) is 6.96. The van der Waals surface area contributed by atoms with Gasteiger partial charge in [-0.1, -0.05) is 30.3 Å². The number of benzene rings is 1. The van der Waals surface area contributed by atoms with Crippen molar-refractivity contribution >= 4 is 27.0 Å². The number of thiophene rings is 1. The van der Waals surface area contributed by atoms with Crippen molar-refractivity contribution in [1.82, 2.24) is 0 Å². The molecule has 0 unspecified atom stereocenters. The lowest BCUT2D eigenvalue weighted by Gasteiger charge is -1.98. The number of hydrogen-bond donors (Lipinski definition) is 0. The van der Waals surface area contributed by atoms with Gasteiger partial charge in [0, 0.05) is 5.56 Å². The topological polar surface area (TPSA) is 51.2 Å². The van der Waals surface area contributed by atoms with Crippen LogP contribution in [0.1, 0.15) is 28.1 Å². The zero-order valence-corrected chi connectivity index (χ0v) is 11.7. The number of rotatable bonds is 4. The molecule has 1 fully saturated rings. The van der Waals surface area contributed by atoms with Gasteiger partial charge in [0.1, 0.15) is 4.21 Å². The van der Waals surface area contributed by atoms with Gasteiger partial charge in [0.2, 0.25) is 5.78 Å². The van der Waals surface area contributed by atoms with Gasteiger partial charge in [-0.05, 0) is 25.0 Å². The summed E-state index contributed by atoms with van der Waals surface area (Å²) in [6.07, 6.45) is 1.48. The average Bonchev–Trinajstić information content (AvgIpc) is 3.17. The molecule has 1 aromatic heterocycles. The summed E-state index contributed by atoms with van der Waals surface area (Å²) in [4.78, 5) is 12.7. The van der Waals surface area contributed by atoms with Gasteiger partial charge in [-0.3, -0.25) is 4.79 Å². The van der Waals surface area contributed by atoms with Crippen molar-refractivity contribution in [3.05, 3.63) is 52.9 Å². The summed E-state index contributed by atoms with van der Waals surface area (Å²) in [5.74, 6) is -0.122. The molecule has 0 aliphatic heterocycles. The van der Waals surface area contributed by atoms with Crippen LogP contribution in [0, 0.1) is 0 Å². The fourth-order valence-electron chi connectivity index (χ4n) is 1.87. The molecular formula is C14H12O3S2. The summed E-state index contributed by atoms with van der Waals surface area (Å²) in [7, 11) is -3.19. The van der Waals surface area contributed by atoms with Gasteiger partial charge < -0.3 is 0 Å². The molecule has 0 atom stereocenters. The van der Waals surface area contributed by atoms with E-state index in [0.29, 0.717) is 14.6 Å². The zero-order valence-electron chi connectivity index (χ0n) is 10.1. The van der Waals surface area contributed by atoms with Crippen molar-refractivity contribution in [3.63, 3.8) is 0 Å². The molecular weight excluding hydrogens is 280 g/mol. The fourth-order valence-corrected chi connectivity index (χ4v) is 5.05. The molecule has 1 aliphatic carbocycles. The summed E-state index contributed by atoms with van der Waals surface area (Å²) < 4.78 is 24.4. The SMILES string of the molecule is O=C(c1ccccc1)c1ccc(S(=O)(=O)C2CC2)s1. The molecule has 1 saturated carbocycles. The Morgan fingerprint density at radius 2 is 1.74 bits per heavy atom. The Balaban J connectivity index is 1.92. The highest BCUT2D eigenvalue weighted by atomic mass is 32.2. The largest absolute Gasteiger partial charge is 0.288 e. The molecule has 0 bridgehead atoms. The van der Waals surface area contributed by atoms with Gasteiger partial charge in [-0.15, -0.1) is 11.3 Å². The van der Waals surface area contributed by atoms with Crippen molar-refractivity contribution in [1.29, 1.82) is 0 Å². The molecule has 5 heteroatoms. The van der Waals surface area contributed by atoms with Gasteiger partial charge in [0.15, 0.2) is 9.84 Å². The van der Waals surface area contributed by atoms with Crippen LogP contribution >= 0.6 is 11.3 Å². The first-order valence-electron chi connectivity index (χ1n) is 6.02. The summed E-state index contributed by atoms with van der Waals surface area (Å²) in [5.41, 5.74) is 0.583. The van der Waals surface area contributed by atoms with E-state index in [1.165, 1.54) is 0 Å². The quantitative estimate of drug-likeness (QED) is 0.814. The van der Waals surface area contributed by atoms with Gasteiger partial charge >= 0.3 is 0 Å². The molecule has 3 nitrogen and oxygen atoms in total. The van der Waals surface area contributed by atoms with Crippen LogP contribution in [0.4, 0.5) is 0 Å². The molecule has 0 radical (unpaired) electrons. The van der Waals surface area contributed by atoms with Crippen LogP contribution in [-0.4, -0.2) is 19.5 Å². The standard InChI is InChI=1S/C14H12O3S2/c15-14(10-4-2-1-3-5-10)12-8-9-13(18-12)19(16,17)11-6-7-11/h1-5,8-9,11H,6-7H2. The van der Waals surface area contributed by atoms with Crippen LogP contribution in [0.2, 0.25) is 0 Å². The Morgan fingerprint density at radius 3 is 2.37 bits per heavy atom. The summed E-state index contributed by atoms with van der Waals surface area (Å²) >= 11 is 1.07. The summed E-state index contributed by atoms with van der Waals surface area (Å²) in [6.45, 7) is 0. The zero-order chi connectivity index (χ0) is 13.5. The lowest BCUT2D eigenvalue weighted by Crippen LogP contribution is -2.04. The van der Waals surface area contributed by atoms with Gasteiger partial charge in [0.25, 0.3) is 0 Å². The molecule has 0 saturated heterocycles. The second-order valence-electron chi connectivity index (χ2n) is 4.56. The number of carbonyl (C=O) groups excluding carboxylic acids is 1. The maximum Gasteiger partial charge on any atom is 0.202 e. The van der Waals surface area contributed by atoms with Gasteiger partial charge in [-0.25, -0.2) is 8.42 Å². The van der Waals surface area contributed by atoms with Crippen molar-refractivity contribution < 1.29 is 13.2 Å². The van der Waals surface area contributed by atoms with Gasteiger partial charge in [-0.2, -0.15) is 0 Å². The van der Waals surface area contributed by atoms with E-state index in [9.17, 15) is 13.2 Å². The van der Waals surface area contributed by atoms with Crippen LogP contribution in [0.15, 0.2) is 46.7 Å². The average molecular weight is 292 g/mol. The van der Waals surface area contributed by atoms with Crippen LogP contribution in [0.3, 0.4) is 0 Å². The number of hydrogen-bond acceptors (Lipinski definition) is 4. The minimum absolute atomic E-state index is 0.122. The summed E-state index contributed by atoms with van der Waals surface area (Å²) in [5, 5.41) is -0.231. The van der Waals surface area contributed by atoms with Crippen LogP contribution in [-0.2, 0) is 9.84 Å². The molecule has 0 spiro atoms. The third-order valence-electron chi connectivity index (χ3n) is 3.08. The highest BCUT2D eigenvalue weighted by Crippen LogP contribution is 2.36. The monoisotopic (exact) mass is 292 g/mol. The minimum atomic E-state index is -3.19. The van der Waals surface area contributed by atoms with E-state index in [-0.39, 0.29) is 11.0 Å². The first-order valence-corrected chi connectivity index (χ1v) is 8.39. The van der Waals surface area contributed by atoms with Gasteiger partial charge in [0.05, 0.1) is 10.1 Å². The predicted molar refractivity (Wildman–Crippen MR) is 74.4 cm³/mol. The Labute approximate surface area is 115 Å². The molecule has 2 aromatic rings. The first-order chi connectivity index (χ1) is 9.09. The third kappa shape index (κ3) is 2.35. The Bertz CT molecular complexity index is 710.